The Morgan fingerprint density at radius 1 is 1.23 bits per heavy atom. The van der Waals surface area contributed by atoms with E-state index in [0.717, 1.165) is 33.7 Å². The summed E-state index contributed by atoms with van der Waals surface area (Å²) in [6.07, 6.45) is 7.76. The lowest BCUT2D eigenvalue weighted by Crippen LogP contribution is -2.41. The van der Waals surface area contributed by atoms with E-state index in [0.29, 0.717) is 23.6 Å². The molecule has 0 fully saturated rings. The first-order valence-electron chi connectivity index (χ1n) is 10.0. The molecule has 1 N–H and O–H groups in total. The largest absolute Gasteiger partial charge is 0.348 e. The first kappa shape index (κ1) is 18.1. The predicted octanol–water partition coefficient (Wildman–Crippen LogP) is 3.45. The molecule has 1 aliphatic rings. The molecule has 154 valence electrons. The van der Waals surface area contributed by atoms with Gasteiger partial charge in [0.2, 0.25) is 0 Å². The van der Waals surface area contributed by atoms with Crippen molar-refractivity contribution in [1.82, 2.24) is 34.1 Å². The lowest BCUT2D eigenvalue weighted by molar-refractivity contribution is 0.0689. The molecule has 6 rings (SSSR count). The molecule has 0 aromatic carbocycles. The van der Waals surface area contributed by atoms with Crippen molar-refractivity contribution >= 4 is 28.5 Å². The number of amides is 1. The van der Waals surface area contributed by atoms with Gasteiger partial charge in [-0.25, -0.2) is 14.0 Å². The van der Waals surface area contributed by atoms with Gasteiger partial charge in [-0.2, -0.15) is 10.2 Å². The lowest BCUT2D eigenvalue weighted by Gasteiger charge is -2.33. The van der Waals surface area contributed by atoms with Gasteiger partial charge in [0.15, 0.2) is 0 Å². The Labute approximate surface area is 182 Å². The minimum Gasteiger partial charge on any atom is -0.348 e. The van der Waals surface area contributed by atoms with Gasteiger partial charge in [0, 0.05) is 31.1 Å². The van der Waals surface area contributed by atoms with Crippen LogP contribution in [0.2, 0.25) is 5.02 Å². The van der Waals surface area contributed by atoms with Crippen LogP contribution in [0.25, 0.3) is 11.0 Å². The molecule has 0 saturated carbocycles. The molecule has 0 bridgehead atoms. The second kappa shape index (κ2) is 6.68. The molecule has 1 amide bonds. The van der Waals surface area contributed by atoms with Crippen molar-refractivity contribution in [2.24, 2.45) is 0 Å². The number of nitrogens with one attached hydrogen (secondary N) is 1. The molecule has 0 spiro atoms. The number of halogens is 1. The van der Waals surface area contributed by atoms with E-state index < -0.39 is 6.04 Å². The number of aryl methyl sites for hydroxylation is 1. The highest BCUT2D eigenvalue weighted by atomic mass is 35.5. The van der Waals surface area contributed by atoms with Crippen molar-refractivity contribution in [3.63, 3.8) is 0 Å². The van der Waals surface area contributed by atoms with Gasteiger partial charge in [0.05, 0.1) is 45.5 Å². The zero-order chi connectivity index (χ0) is 21.1. The monoisotopic (exact) mass is 431 g/mol. The molecule has 9 heteroatoms. The zero-order valence-electron chi connectivity index (χ0n) is 16.7. The van der Waals surface area contributed by atoms with Gasteiger partial charge < -0.3 is 9.88 Å². The normalized spacial score (nSPS) is 16.2. The highest BCUT2D eigenvalue weighted by molar-refractivity contribution is 6.33. The maximum absolute atomic E-state index is 13.7. The Kier molecular flexibility index (Phi) is 3.91. The quantitative estimate of drug-likeness (QED) is 0.464. The van der Waals surface area contributed by atoms with Crippen LogP contribution >= 0.6 is 11.6 Å². The number of hydrogen-bond donors (Lipinski definition) is 1. The number of hydrogen-bond acceptors (Lipinski definition) is 4. The van der Waals surface area contributed by atoms with E-state index >= 15 is 0 Å². The van der Waals surface area contributed by atoms with Gasteiger partial charge in [-0.15, -0.1) is 0 Å². The van der Waals surface area contributed by atoms with Crippen molar-refractivity contribution in [2.75, 3.05) is 6.54 Å². The summed E-state index contributed by atoms with van der Waals surface area (Å²) in [6.45, 7) is 2.54. The summed E-state index contributed by atoms with van der Waals surface area (Å²) < 4.78 is 3.48. The third-order valence-electron chi connectivity index (χ3n) is 5.83. The molecule has 6 heterocycles. The van der Waals surface area contributed by atoms with Crippen LogP contribution < -0.4 is 0 Å². The van der Waals surface area contributed by atoms with Crippen LogP contribution in [0.3, 0.4) is 0 Å². The summed E-state index contributed by atoms with van der Waals surface area (Å²) in [7, 11) is 0. The summed E-state index contributed by atoms with van der Waals surface area (Å²) in [5, 5.41) is 9.72. The molecular weight excluding hydrogens is 414 g/mol. The standard InChI is InChI=1S/C22H18ClN7O/c1-13-4-5-18-14(10-26-30(18)11-13)22(31)28-8-6-16-20(25-12-24-16)21(28)17-9-19-15(23)3-2-7-29(19)27-17/h2-5,7,9-12,21H,6,8H2,1H3,(H,24,25). The minimum absolute atomic E-state index is 0.0966. The van der Waals surface area contributed by atoms with E-state index in [2.05, 4.69) is 15.1 Å². The first-order valence-corrected chi connectivity index (χ1v) is 10.4. The molecule has 5 aromatic heterocycles. The fraction of sp³-hybridized carbons (Fsp3) is 0.182. The molecule has 0 radical (unpaired) electrons. The van der Waals surface area contributed by atoms with E-state index in [1.807, 2.05) is 54.5 Å². The summed E-state index contributed by atoms with van der Waals surface area (Å²) in [5.74, 6) is -0.0966. The van der Waals surface area contributed by atoms with Crippen molar-refractivity contribution in [3.05, 3.63) is 88.5 Å². The Bertz CT molecular complexity index is 1460. The Hall–Kier alpha value is -3.65. The van der Waals surface area contributed by atoms with Crippen LogP contribution in [-0.2, 0) is 6.42 Å². The second-order valence-electron chi connectivity index (χ2n) is 7.77. The van der Waals surface area contributed by atoms with Crippen molar-refractivity contribution in [3.8, 4) is 0 Å². The molecule has 1 unspecified atom stereocenters. The van der Waals surface area contributed by atoms with Crippen molar-refractivity contribution < 1.29 is 4.79 Å². The zero-order valence-corrected chi connectivity index (χ0v) is 17.4. The first-order chi connectivity index (χ1) is 15.1. The molecule has 5 aromatic rings. The average Bonchev–Trinajstić information content (AvgIpc) is 3.50. The molecular formula is C22H18ClN7O. The number of nitrogens with zero attached hydrogens (tertiary/aromatic N) is 6. The van der Waals surface area contributed by atoms with Gasteiger partial charge in [-0.3, -0.25) is 4.79 Å². The maximum Gasteiger partial charge on any atom is 0.258 e. The molecule has 1 atom stereocenters. The van der Waals surface area contributed by atoms with Gasteiger partial charge in [-0.1, -0.05) is 17.7 Å². The van der Waals surface area contributed by atoms with Crippen LogP contribution in [0.15, 0.2) is 55.2 Å². The van der Waals surface area contributed by atoms with E-state index in [9.17, 15) is 4.79 Å². The van der Waals surface area contributed by atoms with Crippen LogP contribution in [0, 0.1) is 6.92 Å². The van der Waals surface area contributed by atoms with E-state index in [4.69, 9.17) is 16.7 Å². The van der Waals surface area contributed by atoms with Crippen LogP contribution in [0.5, 0.6) is 0 Å². The SMILES string of the molecule is Cc1ccc2c(C(=O)N3CCc4[nH]cnc4C3c3cc4c(Cl)cccn4n3)cnn2c1. The van der Waals surface area contributed by atoms with Gasteiger partial charge in [0.25, 0.3) is 5.91 Å². The van der Waals surface area contributed by atoms with Crippen LogP contribution in [0.1, 0.15) is 39.0 Å². The Morgan fingerprint density at radius 3 is 3.00 bits per heavy atom. The predicted molar refractivity (Wildman–Crippen MR) is 115 cm³/mol. The van der Waals surface area contributed by atoms with Gasteiger partial charge >= 0.3 is 0 Å². The molecule has 8 nitrogen and oxygen atoms in total. The number of fused-ring (bicyclic) bond motifs is 3. The Balaban J connectivity index is 1.49. The Morgan fingerprint density at radius 2 is 2.13 bits per heavy atom. The minimum atomic E-state index is -0.418. The molecule has 0 aliphatic carbocycles. The number of pyridine rings is 2. The van der Waals surface area contributed by atoms with Gasteiger partial charge in [-0.05, 0) is 36.8 Å². The summed E-state index contributed by atoms with van der Waals surface area (Å²) in [5.41, 5.74) is 5.76. The smallest absolute Gasteiger partial charge is 0.258 e. The number of aromatic nitrogens is 6. The highest BCUT2D eigenvalue weighted by Gasteiger charge is 2.37. The number of carbonyl (C=O) groups is 1. The van der Waals surface area contributed by atoms with E-state index in [-0.39, 0.29) is 5.91 Å². The third-order valence-corrected chi connectivity index (χ3v) is 6.15. The number of rotatable bonds is 2. The lowest BCUT2D eigenvalue weighted by atomic mass is 9.98. The topological polar surface area (TPSA) is 83.6 Å². The van der Waals surface area contributed by atoms with Crippen LogP contribution in [0.4, 0.5) is 0 Å². The summed E-state index contributed by atoms with van der Waals surface area (Å²) in [4.78, 5) is 23.3. The summed E-state index contributed by atoms with van der Waals surface area (Å²) in [6, 6.07) is 9.09. The van der Waals surface area contributed by atoms with Crippen LogP contribution in [-0.4, -0.2) is 46.5 Å². The van der Waals surface area contributed by atoms with Crippen molar-refractivity contribution in [1.29, 1.82) is 0 Å². The second-order valence-corrected chi connectivity index (χ2v) is 8.17. The summed E-state index contributed by atoms with van der Waals surface area (Å²) >= 11 is 6.37. The maximum atomic E-state index is 13.7. The number of aromatic amines is 1. The third kappa shape index (κ3) is 2.75. The number of imidazole rings is 1. The molecule has 1 aliphatic heterocycles. The fourth-order valence-corrected chi connectivity index (χ4v) is 4.55. The fourth-order valence-electron chi connectivity index (χ4n) is 4.33. The molecule has 31 heavy (non-hydrogen) atoms. The number of carbonyl (C=O) groups excluding carboxylic acids is 1. The number of H-pyrrole nitrogens is 1. The average molecular weight is 432 g/mol. The molecule has 0 saturated heterocycles. The van der Waals surface area contributed by atoms with E-state index in [1.54, 1.807) is 21.6 Å². The highest BCUT2D eigenvalue weighted by Crippen LogP contribution is 2.35. The van der Waals surface area contributed by atoms with Crippen molar-refractivity contribution in [2.45, 2.75) is 19.4 Å². The van der Waals surface area contributed by atoms with Gasteiger partial charge in [0.1, 0.15) is 6.04 Å². The van der Waals surface area contributed by atoms with E-state index in [1.165, 1.54) is 0 Å².